The van der Waals surface area contributed by atoms with Crippen LogP contribution in [0.25, 0.3) is 0 Å². The van der Waals surface area contributed by atoms with Crippen LogP contribution in [0.1, 0.15) is 36.6 Å². The van der Waals surface area contributed by atoms with Gasteiger partial charge in [0.2, 0.25) is 11.8 Å². The third-order valence-electron chi connectivity index (χ3n) is 5.98. The summed E-state index contributed by atoms with van der Waals surface area (Å²) in [5.74, 6) is -1.18. The predicted molar refractivity (Wildman–Crippen MR) is 138 cm³/mol. The number of nitrogens with one attached hydrogen (secondary N) is 2. The van der Waals surface area contributed by atoms with Crippen LogP contribution in [0.3, 0.4) is 0 Å². The number of ether oxygens (including phenoxy) is 1. The molecular formula is C28H27ClFN3O4. The Morgan fingerprint density at radius 2 is 1.76 bits per heavy atom. The van der Waals surface area contributed by atoms with Gasteiger partial charge in [-0.1, -0.05) is 61.8 Å². The normalized spacial score (nSPS) is 17.0. The van der Waals surface area contributed by atoms with Crippen LogP contribution in [-0.2, 0) is 27.4 Å². The number of carbonyl (C=O) groups is 3. The number of halogens is 2. The van der Waals surface area contributed by atoms with E-state index in [9.17, 15) is 18.8 Å². The van der Waals surface area contributed by atoms with Crippen LogP contribution in [-0.4, -0.2) is 28.8 Å². The third kappa shape index (κ3) is 6.46. The van der Waals surface area contributed by atoms with E-state index in [1.165, 1.54) is 17.0 Å². The van der Waals surface area contributed by atoms with E-state index < -0.39 is 24.1 Å². The highest BCUT2D eigenvalue weighted by Gasteiger charge is 2.47. The average molecular weight is 524 g/mol. The summed E-state index contributed by atoms with van der Waals surface area (Å²) in [6.07, 6.45) is -1.57. The quantitative estimate of drug-likeness (QED) is 0.411. The summed E-state index contributed by atoms with van der Waals surface area (Å²) in [6.45, 7) is 3.82. The molecule has 3 aromatic rings. The lowest BCUT2D eigenvalue weighted by molar-refractivity contribution is -0.126. The number of hydrogen-bond acceptors (Lipinski definition) is 4. The average Bonchev–Trinajstić information content (AvgIpc) is 3.19. The monoisotopic (exact) mass is 523 g/mol. The summed E-state index contributed by atoms with van der Waals surface area (Å²) in [6, 6.07) is 18.7. The van der Waals surface area contributed by atoms with Crippen LogP contribution in [0.15, 0.2) is 72.8 Å². The second-order valence-electron chi connectivity index (χ2n) is 9.12. The maximum Gasteiger partial charge on any atom is 0.411 e. The Bertz CT molecular complexity index is 1300. The van der Waals surface area contributed by atoms with Gasteiger partial charge in [-0.05, 0) is 53.1 Å². The maximum atomic E-state index is 13.5. The topological polar surface area (TPSA) is 87.7 Å². The molecule has 0 saturated carbocycles. The number of benzene rings is 3. The van der Waals surface area contributed by atoms with Crippen molar-refractivity contribution >= 4 is 35.2 Å². The minimum Gasteiger partial charge on any atom is -0.438 e. The number of carbonyl (C=O) groups excluding carboxylic acids is 3. The first-order valence-corrected chi connectivity index (χ1v) is 12.2. The number of cyclic esters (lactones) is 1. The van der Waals surface area contributed by atoms with Gasteiger partial charge in [0.1, 0.15) is 5.82 Å². The molecule has 3 amide bonds. The number of amides is 3. The SMILES string of the molecule is CC(C)C(=O)Nc1cccc(C2OC(=O)N(Cc3cccc(Cl)c3)C2C(=O)NCc2ccc(F)cc2)c1. The molecule has 2 unspecified atom stereocenters. The fourth-order valence-corrected chi connectivity index (χ4v) is 4.23. The predicted octanol–water partition coefficient (Wildman–Crippen LogP) is 5.45. The molecule has 1 saturated heterocycles. The minimum atomic E-state index is -0.997. The minimum absolute atomic E-state index is 0.105. The molecule has 0 aliphatic carbocycles. The molecule has 37 heavy (non-hydrogen) atoms. The molecule has 1 aliphatic rings. The van der Waals surface area contributed by atoms with Gasteiger partial charge >= 0.3 is 6.09 Å². The van der Waals surface area contributed by atoms with Gasteiger partial charge in [0.25, 0.3) is 0 Å². The molecule has 9 heteroatoms. The molecule has 2 atom stereocenters. The number of anilines is 1. The van der Waals surface area contributed by atoms with Crippen molar-refractivity contribution in [3.8, 4) is 0 Å². The largest absolute Gasteiger partial charge is 0.438 e. The van der Waals surface area contributed by atoms with E-state index in [1.807, 2.05) is 6.07 Å². The van der Waals surface area contributed by atoms with E-state index in [-0.39, 0.29) is 30.7 Å². The van der Waals surface area contributed by atoms with Crippen molar-refractivity contribution in [2.75, 3.05) is 5.32 Å². The Morgan fingerprint density at radius 1 is 1.03 bits per heavy atom. The summed E-state index contributed by atoms with van der Waals surface area (Å²) >= 11 is 6.12. The van der Waals surface area contributed by atoms with E-state index in [0.29, 0.717) is 21.8 Å². The van der Waals surface area contributed by atoms with Crippen molar-refractivity contribution in [2.24, 2.45) is 5.92 Å². The highest BCUT2D eigenvalue weighted by atomic mass is 35.5. The van der Waals surface area contributed by atoms with Gasteiger partial charge in [0.05, 0.1) is 6.54 Å². The lowest BCUT2D eigenvalue weighted by Crippen LogP contribution is -2.46. The Balaban J connectivity index is 1.62. The van der Waals surface area contributed by atoms with E-state index in [2.05, 4.69) is 10.6 Å². The lowest BCUT2D eigenvalue weighted by atomic mass is 9.99. The first-order chi connectivity index (χ1) is 17.7. The zero-order valence-corrected chi connectivity index (χ0v) is 21.2. The second kappa shape index (κ2) is 11.4. The molecule has 2 N–H and O–H groups in total. The third-order valence-corrected chi connectivity index (χ3v) is 6.22. The summed E-state index contributed by atoms with van der Waals surface area (Å²) < 4.78 is 19.0. The first kappa shape index (κ1) is 26.2. The van der Waals surface area contributed by atoms with E-state index in [4.69, 9.17) is 16.3 Å². The van der Waals surface area contributed by atoms with Crippen LogP contribution in [0.2, 0.25) is 5.02 Å². The zero-order valence-electron chi connectivity index (χ0n) is 20.4. The number of rotatable bonds is 8. The van der Waals surface area contributed by atoms with Crippen molar-refractivity contribution in [3.63, 3.8) is 0 Å². The fourth-order valence-electron chi connectivity index (χ4n) is 4.02. The lowest BCUT2D eigenvalue weighted by Gasteiger charge is -2.24. The van der Waals surface area contributed by atoms with E-state index in [1.54, 1.807) is 68.4 Å². The van der Waals surface area contributed by atoms with E-state index in [0.717, 1.165) is 5.56 Å². The molecule has 0 bridgehead atoms. The molecule has 0 radical (unpaired) electrons. The van der Waals surface area contributed by atoms with Crippen LogP contribution in [0.5, 0.6) is 0 Å². The smallest absolute Gasteiger partial charge is 0.411 e. The standard InChI is InChI=1S/C28H27ClFN3O4/c1-17(2)26(34)32-23-8-4-6-20(14-23)25-24(27(35)31-15-18-9-11-22(30)12-10-18)33(28(36)37-25)16-19-5-3-7-21(29)13-19/h3-14,17,24-25H,15-16H2,1-2H3,(H,31,35)(H,32,34). The molecule has 1 heterocycles. The van der Waals surface area contributed by atoms with Crippen molar-refractivity contribution in [3.05, 3.63) is 100 Å². The van der Waals surface area contributed by atoms with E-state index >= 15 is 0 Å². The number of hydrogen-bond donors (Lipinski definition) is 2. The van der Waals surface area contributed by atoms with Gasteiger partial charge < -0.3 is 15.4 Å². The molecule has 7 nitrogen and oxygen atoms in total. The van der Waals surface area contributed by atoms with Crippen LogP contribution >= 0.6 is 11.6 Å². The second-order valence-corrected chi connectivity index (χ2v) is 9.56. The molecular weight excluding hydrogens is 497 g/mol. The Labute approximate surface area is 219 Å². The van der Waals surface area contributed by atoms with Gasteiger partial charge in [-0.25, -0.2) is 9.18 Å². The summed E-state index contributed by atoms with van der Waals surface area (Å²) in [5, 5.41) is 6.18. The molecule has 4 rings (SSSR count). The zero-order chi connectivity index (χ0) is 26.5. The van der Waals surface area contributed by atoms with Gasteiger partial charge in [0, 0.05) is 23.2 Å². The number of nitrogens with zero attached hydrogens (tertiary/aromatic N) is 1. The molecule has 0 spiro atoms. The van der Waals surface area contributed by atoms with Crippen LogP contribution in [0, 0.1) is 11.7 Å². The fraction of sp³-hybridized carbons (Fsp3) is 0.250. The highest BCUT2D eigenvalue weighted by molar-refractivity contribution is 6.30. The van der Waals surface area contributed by atoms with Crippen molar-refractivity contribution in [1.29, 1.82) is 0 Å². The van der Waals surface area contributed by atoms with Crippen molar-refractivity contribution in [2.45, 2.75) is 39.1 Å². The molecule has 1 fully saturated rings. The van der Waals surface area contributed by atoms with Gasteiger partial charge in [-0.15, -0.1) is 0 Å². The van der Waals surface area contributed by atoms with Gasteiger partial charge in [-0.3, -0.25) is 14.5 Å². The summed E-state index contributed by atoms with van der Waals surface area (Å²) in [4.78, 5) is 40.0. The molecule has 3 aromatic carbocycles. The van der Waals surface area contributed by atoms with Gasteiger partial charge in [-0.2, -0.15) is 0 Å². The molecule has 1 aliphatic heterocycles. The molecule has 0 aromatic heterocycles. The summed E-state index contributed by atoms with van der Waals surface area (Å²) in [7, 11) is 0. The Morgan fingerprint density at radius 3 is 2.46 bits per heavy atom. The van der Waals surface area contributed by atoms with Crippen molar-refractivity contribution < 1.29 is 23.5 Å². The van der Waals surface area contributed by atoms with Gasteiger partial charge in [0.15, 0.2) is 12.1 Å². The van der Waals surface area contributed by atoms with Crippen LogP contribution < -0.4 is 10.6 Å². The van der Waals surface area contributed by atoms with Crippen LogP contribution in [0.4, 0.5) is 14.9 Å². The molecule has 192 valence electrons. The Hall–Kier alpha value is -3.91. The van der Waals surface area contributed by atoms with Crippen molar-refractivity contribution in [1.82, 2.24) is 10.2 Å². The summed E-state index contributed by atoms with van der Waals surface area (Å²) in [5.41, 5.74) is 2.53. The maximum absolute atomic E-state index is 13.5. The Kier molecular flexibility index (Phi) is 8.08. The highest BCUT2D eigenvalue weighted by Crippen LogP contribution is 2.35. The first-order valence-electron chi connectivity index (χ1n) is 11.9.